The highest BCUT2D eigenvalue weighted by atomic mass is 16.2. The number of pyridine rings is 1. The van der Waals surface area contributed by atoms with E-state index in [1.807, 2.05) is 52.1 Å². The Morgan fingerprint density at radius 2 is 1.60 bits per heavy atom. The molecule has 6 nitrogen and oxygen atoms in total. The van der Waals surface area contributed by atoms with Crippen molar-refractivity contribution in [1.29, 1.82) is 0 Å². The van der Waals surface area contributed by atoms with E-state index in [4.69, 9.17) is 0 Å². The number of rotatable bonds is 2. The fourth-order valence-electron chi connectivity index (χ4n) is 4.43. The number of hydrogen-bond donors (Lipinski definition) is 0. The highest BCUT2D eigenvalue weighted by Crippen LogP contribution is 2.36. The van der Waals surface area contributed by atoms with Gasteiger partial charge in [-0.25, -0.2) is 0 Å². The van der Waals surface area contributed by atoms with Crippen LogP contribution in [0.25, 0.3) is 5.69 Å². The van der Waals surface area contributed by atoms with Crippen LogP contribution in [0.4, 0.5) is 0 Å². The van der Waals surface area contributed by atoms with Gasteiger partial charge in [0.05, 0.1) is 0 Å². The van der Waals surface area contributed by atoms with Gasteiger partial charge in [0.2, 0.25) is 0 Å². The average molecular weight is 408 g/mol. The first-order valence-electron chi connectivity index (χ1n) is 10.5. The maximum absolute atomic E-state index is 13.6. The minimum atomic E-state index is -0.341. The van der Waals surface area contributed by atoms with Gasteiger partial charge in [0.15, 0.2) is 5.78 Å². The summed E-state index contributed by atoms with van der Waals surface area (Å²) in [4.78, 5) is 44.0. The molecule has 1 saturated heterocycles. The molecule has 0 spiro atoms. The van der Waals surface area contributed by atoms with Crippen molar-refractivity contribution in [3.63, 3.8) is 0 Å². The van der Waals surface area contributed by atoms with Crippen LogP contribution in [0.15, 0.2) is 35.3 Å². The SMILES string of the molecule is Cc1ccc(-n2cc3c(c(C(=O)N4CCN(C)CC4)c2=O)CC(C)(C)CC3=O)cc1. The Labute approximate surface area is 177 Å². The second-order valence-electron chi connectivity index (χ2n) is 9.44. The van der Waals surface area contributed by atoms with Crippen molar-refractivity contribution in [3.05, 3.63) is 63.1 Å². The van der Waals surface area contributed by atoms with Gasteiger partial charge in [-0.15, -0.1) is 0 Å². The summed E-state index contributed by atoms with van der Waals surface area (Å²) in [5.41, 5.74) is 2.42. The third kappa shape index (κ3) is 3.72. The topological polar surface area (TPSA) is 62.6 Å². The molecule has 4 rings (SSSR count). The number of fused-ring (bicyclic) bond motifs is 1. The van der Waals surface area contributed by atoms with Crippen molar-refractivity contribution < 1.29 is 9.59 Å². The summed E-state index contributed by atoms with van der Waals surface area (Å²) in [6, 6.07) is 7.55. The van der Waals surface area contributed by atoms with E-state index in [0.29, 0.717) is 42.7 Å². The van der Waals surface area contributed by atoms with E-state index in [1.54, 1.807) is 11.1 Å². The van der Waals surface area contributed by atoms with Crippen LogP contribution in [0.5, 0.6) is 0 Å². The van der Waals surface area contributed by atoms with Gasteiger partial charge in [-0.2, -0.15) is 0 Å². The first-order chi connectivity index (χ1) is 14.2. The predicted octanol–water partition coefficient (Wildman–Crippen LogP) is 2.69. The molecule has 1 amide bonds. The molecular weight excluding hydrogens is 378 g/mol. The van der Waals surface area contributed by atoms with Crippen molar-refractivity contribution in [2.45, 2.75) is 33.6 Å². The summed E-state index contributed by atoms with van der Waals surface area (Å²) < 4.78 is 1.47. The zero-order valence-corrected chi connectivity index (χ0v) is 18.2. The summed E-state index contributed by atoms with van der Waals surface area (Å²) in [5.74, 6) is -0.258. The summed E-state index contributed by atoms with van der Waals surface area (Å²) in [6.07, 6.45) is 2.60. The number of aryl methyl sites for hydroxylation is 1. The molecule has 2 aliphatic rings. The smallest absolute Gasteiger partial charge is 0.268 e. The number of benzene rings is 1. The molecule has 1 fully saturated rings. The van der Waals surface area contributed by atoms with Crippen molar-refractivity contribution >= 4 is 11.7 Å². The Hall–Kier alpha value is -2.73. The van der Waals surface area contributed by atoms with E-state index >= 15 is 0 Å². The van der Waals surface area contributed by atoms with Gasteiger partial charge in [0.1, 0.15) is 5.56 Å². The molecule has 0 radical (unpaired) electrons. The van der Waals surface area contributed by atoms with Gasteiger partial charge >= 0.3 is 0 Å². The standard InChI is InChI=1S/C24H29N3O3/c1-16-5-7-17(8-6-16)27-15-19-18(13-24(2,3)14-20(19)28)21(23(27)30)22(29)26-11-9-25(4)10-12-26/h5-8,15H,9-14H2,1-4H3. The molecular formula is C24H29N3O3. The molecule has 2 aromatic rings. The van der Waals surface area contributed by atoms with Crippen LogP contribution in [-0.4, -0.2) is 59.3 Å². The molecule has 0 atom stereocenters. The number of aromatic nitrogens is 1. The van der Waals surface area contributed by atoms with E-state index < -0.39 is 0 Å². The van der Waals surface area contributed by atoms with Crippen molar-refractivity contribution in [2.24, 2.45) is 5.41 Å². The second-order valence-corrected chi connectivity index (χ2v) is 9.44. The molecule has 0 saturated carbocycles. The number of ketones is 1. The third-order valence-electron chi connectivity index (χ3n) is 6.23. The number of carbonyl (C=O) groups excluding carboxylic acids is 2. The maximum atomic E-state index is 13.6. The number of carbonyl (C=O) groups is 2. The fraction of sp³-hybridized carbons (Fsp3) is 0.458. The van der Waals surface area contributed by atoms with Crippen LogP contribution in [0.3, 0.4) is 0 Å². The first-order valence-corrected chi connectivity index (χ1v) is 10.5. The Morgan fingerprint density at radius 3 is 2.23 bits per heavy atom. The molecule has 158 valence electrons. The summed E-state index contributed by atoms with van der Waals surface area (Å²) >= 11 is 0. The second kappa shape index (κ2) is 7.51. The Bertz CT molecular complexity index is 1060. The summed E-state index contributed by atoms with van der Waals surface area (Å²) in [7, 11) is 2.03. The van der Waals surface area contributed by atoms with Crippen molar-refractivity contribution in [1.82, 2.24) is 14.4 Å². The van der Waals surface area contributed by atoms with Crippen LogP contribution in [0.1, 0.15) is 52.1 Å². The molecule has 1 aliphatic carbocycles. The summed E-state index contributed by atoms with van der Waals surface area (Å²) in [6.45, 7) is 8.73. The number of nitrogens with zero attached hydrogens (tertiary/aromatic N) is 3. The zero-order valence-electron chi connectivity index (χ0n) is 18.2. The first kappa shape index (κ1) is 20.5. The van der Waals surface area contributed by atoms with Crippen molar-refractivity contribution in [2.75, 3.05) is 33.2 Å². The molecule has 30 heavy (non-hydrogen) atoms. The average Bonchev–Trinajstić information content (AvgIpc) is 2.68. The van der Waals surface area contributed by atoms with Gasteiger partial charge in [0, 0.05) is 50.0 Å². The summed E-state index contributed by atoms with van der Waals surface area (Å²) in [5, 5.41) is 0. The van der Waals surface area contributed by atoms with Gasteiger partial charge in [-0.05, 0) is 43.5 Å². The largest absolute Gasteiger partial charge is 0.336 e. The Balaban J connectivity index is 1.90. The van der Waals surface area contributed by atoms with Gasteiger partial charge < -0.3 is 9.80 Å². The molecule has 1 aromatic carbocycles. The van der Waals surface area contributed by atoms with Gasteiger partial charge in [-0.1, -0.05) is 31.5 Å². The number of hydrogen-bond acceptors (Lipinski definition) is 4. The molecule has 0 N–H and O–H groups in total. The van der Waals surface area contributed by atoms with Gasteiger partial charge in [0.25, 0.3) is 11.5 Å². The lowest BCUT2D eigenvalue weighted by atomic mass is 9.73. The highest BCUT2D eigenvalue weighted by Gasteiger charge is 2.37. The predicted molar refractivity (Wildman–Crippen MR) is 117 cm³/mol. The van der Waals surface area contributed by atoms with E-state index in [1.165, 1.54) is 4.57 Å². The van der Waals surface area contributed by atoms with Gasteiger partial charge in [-0.3, -0.25) is 19.0 Å². The molecule has 0 unspecified atom stereocenters. The number of amides is 1. The highest BCUT2D eigenvalue weighted by molar-refractivity contribution is 6.04. The molecule has 1 aromatic heterocycles. The lowest BCUT2D eigenvalue weighted by molar-refractivity contribution is 0.0659. The fourth-order valence-corrected chi connectivity index (χ4v) is 4.43. The molecule has 1 aliphatic heterocycles. The monoisotopic (exact) mass is 407 g/mol. The minimum absolute atomic E-state index is 0.00506. The zero-order chi connectivity index (χ0) is 21.6. The van der Waals surface area contributed by atoms with Crippen LogP contribution < -0.4 is 5.56 Å². The number of Topliss-reactive ketones (excluding diaryl/α,β-unsaturated/α-hetero) is 1. The van der Waals surface area contributed by atoms with E-state index in [9.17, 15) is 14.4 Å². The Kier molecular flexibility index (Phi) is 5.14. The lowest BCUT2D eigenvalue weighted by Gasteiger charge is -2.35. The number of piperazine rings is 1. The third-order valence-corrected chi connectivity index (χ3v) is 6.23. The minimum Gasteiger partial charge on any atom is -0.336 e. The Morgan fingerprint density at radius 1 is 0.967 bits per heavy atom. The van der Waals surface area contributed by atoms with Crippen LogP contribution in [0, 0.1) is 12.3 Å². The van der Waals surface area contributed by atoms with E-state index in [0.717, 1.165) is 18.7 Å². The molecule has 6 heteroatoms. The van der Waals surface area contributed by atoms with E-state index in [-0.39, 0.29) is 28.2 Å². The van der Waals surface area contributed by atoms with E-state index in [2.05, 4.69) is 4.90 Å². The molecule has 2 heterocycles. The quantitative estimate of drug-likeness (QED) is 0.768. The van der Waals surface area contributed by atoms with Crippen LogP contribution in [0.2, 0.25) is 0 Å². The molecule has 0 bridgehead atoms. The van der Waals surface area contributed by atoms with Crippen LogP contribution >= 0.6 is 0 Å². The lowest BCUT2D eigenvalue weighted by Crippen LogP contribution is -2.49. The number of likely N-dealkylation sites (N-methyl/N-ethyl adjacent to an activating group) is 1. The van der Waals surface area contributed by atoms with Crippen LogP contribution in [-0.2, 0) is 6.42 Å². The normalized spacial score (nSPS) is 18.9. The van der Waals surface area contributed by atoms with Crippen molar-refractivity contribution in [3.8, 4) is 5.69 Å². The maximum Gasteiger partial charge on any atom is 0.268 e.